The van der Waals surface area contributed by atoms with Crippen LogP contribution in [0.5, 0.6) is 0 Å². The third kappa shape index (κ3) is 2.48. The molecule has 0 saturated carbocycles. The third-order valence-corrected chi connectivity index (χ3v) is 0.802. The molecule has 0 fully saturated rings. The van der Waals surface area contributed by atoms with E-state index in [-0.39, 0.29) is 0 Å². The summed E-state index contributed by atoms with van der Waals surface area (Å²) in [6.45, 7) is 2.01. The molecule has 0 heterocycles. The number of rotatable bonds is 1. The Bertz CT molecular complexity index is 5.25. The monoisotopic (exact) mass is 121 g/mol. The summed E-state index contributed by atoms with van der Waals surface area (Å²) in [6.07, 6.45) is 2.04. The molecule has 0 aliphatic carbocycles. The first kappa shape index (κ1) is 4.48. The SMILES string of the molecule is C[CH]CBr. The van der Waals surface area contributed by atoms with E-state index in [0.717, 1.165) is 5.33 Å². The molecule has 0 aliphatic rings. The van der Waals surface area contributed by atoms with Gasteiger partial charge >= 0.3 is 0 Å². The normalized spacial score (nSPS) is 7.50. The molecule has 0 nitrogen and oxygen atoms in total. The average molecular weight is 122 g/mol. The van der Waals surface area contributed by atoms with Crippen molar-refractivity contribution < 1.29 is 0 Å². The molecule has 1 radical (unpaired) electrons. The van der Waals surface area contributed by atoms with Crippen molar-refractivity contribution in [2.75, 3.05) is 5.33 Å². The first-order valence-electron chi connectivity index (χ1n) is 1.25. The molecule has 0 N–H and O–H groups in total. The molecular weight excluding hydrogens is 116 g/mol. The van der Waals surface area contributed by atoms with Crippen LogP contribution in [0, 0.1) is 6.42 Å². The summed E-state index contributed by atoms with van der Waals surface area (Å²) >= 11 is 3.19. The molecule has 0 unspecified atom stereocenters. The van der Waals surface area contributed by atoms with Crippen molar-refractivity contribution in [3.8, 4) is 0 Å². The quantitative estimate of drug-likeness (QED) is 0.463. The van der Waals surface area contributed by atoms with Gasteiger partial charge < -0.3 is 0 Å². The Hall–Kier alpha value is 0.480. The second-order valence-corrected chi connectivity index (χ2v) is 1.21. The topological polar surface area (TPSA) is 0 Å². The van der Waals surface area contributed by atoms with Crippen LogP contribution in [0.4, 0.5) is 0 Å². The summed E-state index contributed by atoms with van der Waals surface area (Å²) in [4.78, 5) is 0. The molecular formula is C3H6Br. The van der Waals surface area contributed by atoms with Gasteiger partial charge in [-0.3, -0.25) is 0 Å². The van der Waals surface area contributed by atoms with E-state index in [4.69, 9.17) is 0 Å². The number of halogens is 1. The van der Waals surface area contributed by atoms with Gasteiger partial charge in [0.1, 0.15) is 0 Å². The Labute approximate surface area is 35.3 Å². The average Bonchev–Trinajstić information content (AvgIpc) is 1.37. The van der Waals surface area contributed by atoms with Crippen LogP contribution >= 0.6 is 15.9 Å². The second kappa shape index (κ2) is 3.48. The fourth-order valence-corrected chi connectivity index (χ4v) is 0. The summed E-state index contributed by atoms with van der Waals surface area (Å²) in [5.41, 5.74) is 0. The molecule has 1 heteroatoms. The molecule has 0 bridgehead atoms. The number of hydrogen-bond donors (Lipinski definition) is 0. The molecule has 0 rings (SSSR count). The van der Waals surface area contributed by atoms with Crippen LogP contribution in [0.15, 0.2) is 0 Å². The van der Waals surface area contributed by atoms with Gasteiger partial charge in [-0.05, 0) is 6.42 Å². The maximum absolute atomic E-state index is 3.19. The van der Waals surface area contributed by atoms with Crippen LogP contribution in [0.1, 0.15) is 6.92 Å². The van der Waals surface area contributed by atoms with Gasteiger partial charge in [0.25, 0.3) is 0 Å². The van der Waals surface area contributed by atoms with E-state index in [1.54, 1.807) is 0 Å². The van der Waals surface area contributed by atoms with E-state index in [1.165, 1.54) is 0 Å². The zero-order chi connectivity index (χ0) is 3.41. The lowest BCUT2D eigenvalue weighted by atomic mass is 10.6. The Kier molecular flexibility index (Phi) is 3.90. The van der Waals surface area contributed by atoms with E-state index in [9.17, 15) is 0 Å². The highest BCUT2D eigenvalue weighted by atomic mass is 79.9. The van der Waals surface area contributed by atoms with E-state index in [2.05, 4.69) is 15.9 Å². The molecule has 0 aliphatic heterocycles. The van der Waals surface area contributed by atoms with E-state index in [1.807, 2.05) is 13.3 Å². The van der Waals surface area contributed by atoms with E-state index in [0.29, 0.717) is 0 Å². The smallest absolute Gasteiger partial charge is 0.00598 e. The standard InChI is InChI=1S/C3H6Br/c1-2-3-4/h2H,3H2,1H3. The first-order valence-corrected chi connectivity index (χ1v) is 2.37. The molecule has 25 valence electrons. The summed E-state index contributed by atoms with van der Waals surface area (Å²) in [7, 11) is 0. The Balaban J connectivity index is 1.97. The highest BCUT2D eigenvalue weighted by Gasteiger charge is 1.59. The summed E-state index contributed by atoms with van der Waals surface area (Å²) in [5.74, 6) is 0. The van der Waals surface area contributed by atoms with Crippen molar-refractivity contribution in [1.82, 2.24) is 0 Å². The van der Waals surface area contributed by atoms with Gasteiger partial charge in [0, 0.05) is 5.33 Å². The van der Waals surface area contributed by atoms with Crippen LogP contribution < -0.4 is 0 Å². The lowest BCUT2D eigenvalue weighted by Gasteiger charge is -1.65. The van der Waals surface area contributed by atoms with Gasteiger partial charge in [0.2, 0.25) is 0 Å². The molecule has 0 aromatic rings. The Morgan fingerprint density at radius 1 is 2.00 bits per heavy atom. The van der Waals surface area contributed by atoms with Crippen LogP contribution in [0.2, 0.25) is 0 Å². The minimum atomic E-state index is 1.01. The minimum Gasteiger partial charge on any atom is -0.0925 e. The fraction of sp³-hybridized carbons (Fsp3) is 0.667. The van der Waals surface area contributed by atoms with Gasteiger partial charge in [-0.1, -0.05) is 22.9 Å². The molecule has 4 heavy (non-hydrogen) atoms. The molecule has 0 amide bonds. The molecule has 0 saturated heterocycles. The predicted octanol–water partition coefficient (Wildman–Crippen LogP) is 1.61. The predicted molar refractivity (Wildman–Crippen MR) is 23.8 cm³/mol. The van der Waals surface area contributed by atoms with Crippen molar-refractivity contribution in [1.29, 1.82) is 0 Å². The van der Waals surface area contributed by atoms with Crippen LogP contribution in [-0.4, -0.2) is 5.33 Å². The van der Waals surface area contributed by atoms with E-state index >= 15 is 0 Å². The molecule has 0 aromatic carbocycles. The number of alkyl halides is 1. The van der Waals surface area contributed by atoms with Gasteiger partial charge in [0.05, 0.1) is 0 Å². The van der Waals surface area contributed by atoms with Crippen LogP contribution in [0.25, 0.3) is 0 Å². The third-order valence-electron chi connectivity index (χ3n) is 0.154. The maximum Gasteiger partial charge on any atom is 0.00598 e. The zero-order valence-electron chi connectivity index (χ0n) is 2.66. The largest absolute Gasteiger partial charge is 0.0925 e. The summed E-state index contributed by atoms with van der Waals surface area (Å²) in [6, 6.07) is 0. The van der Waals surface area contributed by atoms with Crippen LogP contribution in [0.3, 0.4) is 0 Å². The highest BCUT2D eigenvalue weighted by molar-refractivity contribution is 9.09. The maximum atomic E-state index is 3.19. The minimum absolute atomic E-state index is 1.01. The Morgan fingerprint density at radius 2 is 2.25 bits per heavy atom. The fourth-order valence-electron chi connectivity index (χ4n) is 0. The van der Waals surface area contributed by atoms with Crippen molar-refractivity contribution in [2.45, 2.75) is 6.92 Å². The highest BCUT2D eigenvalue weighted by Crippen LogP contribution is 1.78. The van der Waals surface area contributed by atoms with Gasteiger partial charge in [-0.25, -0.2) is 0 Å². The lowest BCUT2D eigenvalue weighted by Crippen LogP contribution is -1.56. The van der Waals surface area contributed by atoms with Gasteiger partial charge in [0.15, 0.2) is 0 Å². The van der Waals surface area contributed by atoms with Crippen molar-refractivity contribution in [3.05, 3.63) is 6.42 Å². The van der Waals surface area contributed by atoms with Gasteiger partial charge in [-0.2, -0.15) is 0 Å². The lowest BCUT2D eigenvalue weighted by molar-refractivity contribution is 1.45. The zero-order valence-corrected chi connectivity index (χ0v) is 4.25. The van der Waals surface area contributed by atoms with Crippen molar-refractivity contribution in [3.63, 3.8) is 0 Å². The second-order valence-electron chi connectivity index (χ2n) is 0.563. The Morgan fingerprint density at radius 3 is 2.25 bits per heavy atom. The summed E-state index contributed by atoms with van der Waals surface area (Å²) < 4.78 is 0. The molecule has 0 atom stereocenters. The van der Waals surface area contributed by atoms with Crippen LogP contribution in [-0.2, 0) is 0 Å². The first-order chi connectivity index (χ1) is 1.91. The van der Waals surface area contributed by atoms with Gasteiger partial charge in [-0.15, -0.1) is 0 Å². The van der Waals surface area contributed by atoms with E-state index < -0.39 is 0 Å². The van der Waals surface area contributed by atoms with Crippen molar-refractivity contribution in [2.24, 2.45) is 0 Å². The molecule has 0 aromatic heterocycles. The number of hydrogen-bond acceptors (Lipinski definition) is 0. The molecule has 0 spiro atoms. The van der Waals surface area contributed by atoms with Crippen molar-refractivity contribution >= 4 is 15.9 Å². The summed E-state index contributed by atoms with van der Waals surface area (Å²) in [5, 5.41) is 1.01.